The smallest absolute Gasteiger partial charge is 0.0791 e. The van der Waals surface area contributed by atoms with Gasteiger partial charge in [0.15, 0.2) is 0 Å². The molecule has 3 N–H and O–H groups in total. The fraction of sp³-hybridized carbons (Fsp3) is 0.550. The molecule has 1 aromatic heterocycles. The van der Waals surface area contributed by atoms with Crippen molar-refractivity contribution in [3.8, 4) is 11.3 Å². The van der Waals surface area contributed by atoms with E-state index in [2.05, 4.69) is 58.5 Å². The SMILES string of the molecule is Cc1cccc(-c2[nH]ncc2CNCC(O)CN2CCC(C)CC2)c1. The van der Waals surface area contributed by atoms with Crippen molar-refractivity contribution >= 4 is 0 Å². The number of benzene rings is 1. The summed E-state index contributed by atoms with van der Waals surface area (Å²) in [4.78, 5) is 2.38. The average molecular weight is 342 g/mol. The molecule has 1 aromatic carbocycles. The van der Waals surface area contributed by atoms with Gasteiger partial charge in [0, 0.05) is 30.8 Å². The summed E-state index contributed by atoms with van der Waals surface area (Å²) in [5.74, 6) is 0.827. The number of likely N-dealkylation sites (tertiary alicyclic amines) is 1. The first kappa shape index (κ1) is 18.1. The zero-order chi connectivity index (χ0) is 17.6. The Morgan fingerprint density at radius 2 is 2.16 bits per heavy atom. The van der Waals surface area contributed by atoms with Crippen molar-refractivity contribution in [2.24, 2.45) is 5.92 Å². The maximum atomic E-state index is 10.3. The maximum absolute atomic E-state index is 10.3. The summed E-state index contributed by atoms with van der Waals surface area (Å²) in [6.45, 7) is 8.69. The van der Waals surface area contributed by atoms with Crippen LogP contribution in [0.1, 0.15) is 30.9 Å². The molecule has 1 unspecified atom stereocenters. The van der Waals surface area contributed by atoms with Crippen molar-refractivity contribution in [2.45, 2.75) is 39.3 Å². The molecular formula is C20H30N4O. The molecule has 1 saturated heterocycles. The zero-order valence-electron chi connectivity index (χ0n) is 15.3. The molecule has 2 heterocycles. The summed E-state index contributed by atoms with van der Waals surface area (Å²) < 4.78 is 0. The third-order valence-electron chi connectivity index (χ3n) is 5.07. The van der Waals surface area contributed by atoms with E-state index in [0.29, 0.717) is 13.1 Å². The van der Waals surface area contributed by atoms with Crippen molar-refractivity contribution in [1.29, 1.82) is 0 Å². The van der Waals surface area contributed by atoms with E-state index in [0.717, 1.165) is 42.4 Å². The molecule has 2 aromatic rings. The molecule has 0 amide bonds. The van der Waals surface area contributed by atoms with Crippen molar-refractivity contribution in [1.82, 2.24) is 20.4 Å². The van der Waals surface area contributed by atoms with Gasteiger partial charge in [0.2, 0.25) is 0 Å². The summed E-state index contributed by atoms with van der Waals surface area (Å²) in [6, 6.07) is 8.40. The number of aliphatic hydroxyl groups excluding tert-OH is 1. The second-order valence-corrected chi connectivity index (χ2v) is 7.41. The number of rotatable bonds is 7. The largest absolute Gasteiger partial charge is 0.390 e. The Labute approximate surface area is 150 Å². The van der Waals surface area contributed by atoms with Crippen LogP contribution in [0.3, 0.4) is 0 Å². The average Bonchev–Trinajstić information content (AvgIpc) is 3.05. The fourth-order valence-corrected chi connectivity index (χ4v) is 3.48. The zero-order valence-corrected chi connectivity index (χ0v) is 15.3. The number of H-pyrrole nitrogens is 1. The minimum absolute atomic E-state index is 0.331. The summed E-state index contributed by atoms with van der Waals surface area (Å²) in [7, 11) is 0. The highest BCUT2D eigenvalue weighted by molar-refractivity contribution is 5.63. The number of aliphatic hydroxyl groups is 1. The number of hydrogen-bond donors (Lipinski definition) is 3. The van der Waals surface area contributed by atoms with Crippen LogP contribution in [0.4, 0.5) is 0 Å². The first-order chi connectivity index (χ1) is 12.1. The van der Waals surface area contributed by atoms with E-state index in [4.69, 9.17) is 0 Å². The Bertz CT molecular complexity index is 661. The lowest BCUT2D eigenvalue weighted by molar-refractivity contribution is 0.0907. The molecule has 1 aliphatic rings. The Kier molecular flexibility index (Phi) is 6.24. The molecule has 5 heteroatoms. The number of aryl methyl sites for hydroxylation is 1. The van der Waals surface area contributed by atoms with Crippen LogP contribution in [0.25, 0.3) is 11.3 Å². The lowest BCUT2D eigenvalue weighted by Gasteiger charge is -2.31. The normalized spacial score (nSPS) is 17.7. The van der Waals surface area contributed by atoms with E-state index in [1.54, 1.807) is 0 Å². The Morgan fingerprint density at radius 1 is 1.36 bits per heavy atom. The highest BCUT2D eigenvalue weighted by Crippen LogP contribution is 2.22. The van der Waals surface area contributed by atoms with E-state index in [1.807, 2.05) is 6.20 Å². The summed E-state index contributed by atoms with van der Waals surface area (Å²) in [5, 5.41) is 21.0. The number of nitrogens with one attached hydrogen (secondary N) is 2. The van der Waals surface area contributed by atoms with E-state index < -0.39 is 0 Å². The molecule has 1 fully saturated rings. The minimum Gasteiger partial charge on any atom is -0.390 e. The second-order valence-electron chi connectivity index (χ2n) is 7.41. The van der Waals surface area contributed by atoms with Gasteiger partial charge in [-0.1, -0.05) is 30.7 Å². The number of nitrogens with zero attached hydrogens (tertiary/aromatic N) is 2. The predicted molar refractivity (Wildman–Crippen MR) is 101 cm³/mol. The van der Waals surface area contributed by atoms with Crippen LogP contribution in [-0.2, 0) is 6.54 Å². The van der Waals surface area contributed by atoms with Crippen LogP contribution >= 0.6 is 0 Å². The standard InChI is InChI=1S/C20H30N4O/c1-15-6-8-24(9-7-15)14-19(25)13-21-11-18-12-22-23-20(18)17-5-3-4-16(2)10-17/h3-5,10,12,15,19,21,25H,6-9,11,13-14H2,1-2H3,(H,22,23). The Hall–Kier alpha value is -1.69. The van der Waals surface area contributed by atoms with Gasteiger partial charge < -0.3 is 15.3 Å². The van der Waals surface area contributed by atoms with E-state index in [-0.39, 0.29) is 6.10 Å². The van der Waals surface area contributed by atoms with Crippen LogP contribution < -0.4 is 5.32 Å². The quantitative estimate of drug-likeness (QED) is 0.724. The lowest BCUT2D eigenvalue weighted by Crippen LogP contribution is -2.41. The maximum Gasteiger partial charge on any atom is 0.0791 e. The van der Waals surface area contributed by atoms with Gasteiger partial charge in [-0.2, -0.15) is 5.10 Å². The third-order valence-corrected chi connectivity index (χ3v) is 5.07. The molecule has 3 rings (SSSR count). The van der Waals surface area contributed by atoms with Gasteiger partial charge in [0.25, 0.3) is 0 Å². The van der Waals surface area contributed by atoms with Gasteiger partial charge in [0.1, 0.15) is 0 Å². The monoisotopic (exact) mass is 342 g/mol. The molecule has 136 valence electrons. The lowest BCUT2D eigenvalue weighted by atomic mass is 9.99. The third kappa shape index (κ3) is 5.14. The van der Waals surface area contributed by atoms with Crippen molar-refractivity contribution in [3.63, 3.8) is 0 Å². The van der Waals surface area contributed by atoms with Crippen molar-refractivity contribution in [3.05, 3.63) is 41.6 Å². The number of piperidine rings is 1. The number of aromatic nitrogens is 2. The van der Waals surface area contributed by atoms with E-state index in [9.17, 15) is 5.11 Å². The van der Waals surface area contributed by atoms with Gasteiger partial charge in [0.05, 0.1) is 18.0 Å². The van der Waals surface area contributed by atoms with Crippen molar-refractivity contribution in [2.75, 3.05) is 26.2 Å². The van der Waals surface area contributed by atoms with Crippen LogP contribution in [-0.4, -0.2) is 52.5 Å². The topological polar surface area (TPSA) is 64.2 Å². The van der Waals surface area contributed by atoms with Crippen LogP contribution in [0.2, 0.25) is 0 Å². The Morgan fingerprint density at radius 3 is 2.92 bits per heavy atom. The molecule has 0 bridgehead atoms. The Balaban J connectivity index is 1.47. The predicted octanol–water partition coefficient (Wildman–Crippen LogP) is 2.57. The van der Waals surface area contributed by atoms with Crippen molar-refractivity contribution < 1.29 is 5.11 Å². The molecule has 0 spiro atoms. The first-order valence-corrected chi connectivity index (χ1v) is 9.32. The van der Waals surface area contributed by atoms with Gasteiger partial charge in [-0.3, -0.25) is 5.10 Å². The van der Waals surface area contributed by atoms with Gasteiger partial charge in [-0.15, -0.1) is 0 Å². The molecule has 0 saturated carbocycles. The number of β-amino-alcohol motifs (C(OH)–C–C–N with tert-alkyl or cyclic N) is 1. The molecule has 25 heavy (non-hydrogen) atoms. The van der Waals surface area contributed by atoms with Crippen LogP contribution in [0, 0.1) is 12.8 Å². The molecule has 0 radical (unpaired) electrons. The summed E-state index contributed by atoms with van der Waals surface area (Å²) in [5.41, 5.74) is 4.56. The van der Waals surface area contributed by atoms with Crippen LogP contribution in [0.15, 0.2) is 30.5 Å². The van der Waals surface area contributed by atoms with E-state index >= 15 is 0 Å². The summed E-state index contributed by atoms with van der Waals surface area (Å²) in [6.07, 6.45) is 4.02. The molecular weight excluding hydrogens is 312 g/mol. The fourth-order valence-electron chi connectivity index (χ4n) is 3.48. The van der Waals surface area contributed by atoms with Gasteiger partial charge >= 0.3 is 0 Å². The molecule has 0 aliphatic carbocycles. The summed E-state index contributed by atoms with van der Waals surface area (Å²) >= 11 is 0. The minimum atomic E-state index is -0.331. The van der Waals surface area contributed by atoms with Crippen LogP contribution in [0.5, 0.6) is 0 Å². The first-order valence-electron chi connectivity index (χ1n) is 9.32. The molecule has 1 aliphatic heterocycles. The van der Waals surface area contributed by atoms with E-state index in [1.165, 1.54) is 18.4 Å². The number of hydrogen-bond acceptors (Lipinski definition) is 4. The number of aromatic amines is 1. The highest BCUT2D eigenvalue weighted by atomic mass is 16.3. The highest BCUT2D eigenvalue weighted by Gasteiger charge is 2.18. The van der Waals surface area contributed by atoms with Gasteiger partial charge in [-0.25, -0.2) is 0 Å². The molecule has 5 nitrogen and oxygen atoms in total. The van der Waals surface area contributed by atoms with Gasteiger partial charge in [-0.05, 0) is 44.8 Å². The molecule has 1 atom stereocenters. The second kappa shape index (κ2) is 8.61.